The zero-order chi connectivity index (χ0) is 22.4. The molecule has 0 unspecified atom stereocenters. The highest BCUT2D eigenvalue weighted by atomic mass is 16.5. The van der Waals surface area contributed by atoms with E-state index in [0.717, 1.165) is 16.9 Å². The minimum absolute atomic E-state index is 0.0277. The van der Waals surface area contributed by atoms with Gasteiger partial charge >= 0.3 is 0 Å². The molecule has 1 amide bonds. The molecule has 1 aliphatic rings. The third-order valence-corrected chi connectivity index (χ3v) is 5.43. The third-order valence-electron chi connectivity index (χ3n) is 5.43. The number of benzene rings is 1. The highest BCUT2D eigenvalue weighted by Gasteiger charge is 2.17. The average molecular weight is 429 g/mol. The Hall–Kier alpha value is -2.87. The van der Waals surface area contributed by atoms with Gasteiger partial charge in [0, 0.05) is 37.8 Å². The smallest absolute Gasteiger partial charge is 0.255 e. The van der Waals surface area contributed by atoms with Crippen molar-refractivity contribution in [3.8, 4) is 5.75 Å². The molecule has 3 rings (SSSR count). The van der Waals surface area contributed by atoms with Gasteiger partial charge in [-0.25, -0.2) is 4.98 Å². The summed E-state index contributed by atoms with van der Waals surface area (Å²) < 4.78 is 11.1. The topological polar surface area (TPSA) is 87.8 Å². The zero-order valence-electron chi connectivity index (χ0n) is 18.9. The van der Waals surface area contributed by atoms with Gasteiger partial charge in [0.1, 0.15) is 12.4 Å². The molecule has 1 fully saturated rings. The summed E-state index contributed by atoms with van der Waals surface area (Å²) in [6, 6.07) is 6.06. The number of carbonyl (C=O) groups is 1. The maximum absolute atomic E-state index is 12.6. The van der Waals surface area contributed by atoms with Gasteiger partial charge in [-0.2, -0.15) is 0 Å². The number of ether oxygens (including phenoxy) is 2. The number of aryl methyl sites for hydroxylation is 3. The fourth-order valence-electron chi connectivity index (χ4n) is 3.68. The van der Waals surface area contributed by atoms with Crippen molar-refractivity contribution in [2.75, 3.05) is 51.4 Å². The monoisotopic (exact) mass is 428 g/mol. The van der Waals surface area contributed by atoms with E-state index in [1.807, 2.05) is 37.8 Å². The highest BCUT2D eigenvalue weighted by Crippen LogP contribution is 2.16. The molecular weight excluding hydrogens is 396 g/mol. The minimum Gasteiger partial charge on any atom is -0.492 e. The predicted octanol–water partition coefficient (Wildman–Crippen LogP) is 2.00. The number of rotatable bonds is 8. The Morgan fingerprint density at radius 3 is 2.52 bits per heavy atom. The van der Waals surface area contributed by atoms with Crippen molar-refractivity contribution in [2.24, 2.45) is 0 Å². The molecule has 1 N–H and O–H groups in total. The SMILES string of the molecule is Cc1cc(C)cc(OCCN(C)C(=O)CCc2c(C)nc(N3CCOCC3)[nH]c2=O)c1. The van der Waals surface area contributed by atoms with Crippen molar-refractivity contribution < 1.29 is 14.3 Å². The van der Waals surface area contributed by atoms with Gasteiger partial charge < -0.3 is 19.3 Å². The Kier molecular flexibility index (Phi) is 7.68. The largest absolute Gasteiger partial charge is 0.492 e. The van der Waals surface area contributed by atoms with Crippen LogP contribution in [-0.4, -0.2) is 67.3 Å². The molecule has 168 valence electrons. The number of aromatic amines is 1. The van der Waals surface area contributed by atoms with Crippen LogP contribution in [0, 0.1) is 20.8 Å². The van der Waals surface area contributed by atoms with E-state index in [-0.39, 0.29) is 17.9 Å². The normalized spacial score (nSPS) is 13.9. The molecular formula is C23H32N4O4. The summed E-state index contributed by atoms with van der Waals surface area (Å²) >= 11 is 0. The number of anilines is 1. The lowest BCUT2D eigenvalue weighted by Crippen LogP contribution is -2.38. The lowest BCUT2D eigenvalue weighted by molar-refractivity contribution is -0.130. The molecule has 1 aromatic carbocycles. The Balaban J connectivity index is 1.50. The first-order valence-corrected chi connectivity index (χ1v) is 10.7. The second-order valence-electron chi connectivity index (χ2n) is 8.04. The first-order valence-electron chi connectivity index (χ1n) is 10.7. The van der Waals surface area contributed by atoms with Crippen LogP contribution in [0.15, 0.2) is 23.0 Å². The van der Waals surface area contributed by atoms with Crippen molar-refractivity contribution in [2.45, 2.75) is 33.6 Å². The molecule has 2 heterocycles. The fraction of sp³-hybridized carbons (Fsp3) is 0.522. The van der Waals surface area contributed by atoms with E-state index in [1.165, 1.54) is 0 Å². The first-order chi connectivity index (χ1) is 14.8. The average Bonchev–Trinajstić information content (AvgIpc) is 2.72. The number of hydrogen-bond acceptors (Lipinski definition) is 6. The van der Waals surface area contributed by atoms with Gasteiger partial charge in [-0.3, -0.25) is 14.6 Å². The minimum atomic E-state index is -0.178. The van der Waals surface area contributed by atoms with E-state index in [0.29, 0.717) is 63.1 Å². The Morgan fingerprint density at radius 2 is 1.87 bits per heavy atom. The van der Waals surface area contributed by atoms with Crippen LogP contribution in [-0.2, 0) is 16.0 Å². The van der Waals surface area contributed by atoms with Crippen molar-refractivity contribution >= 4 is 11.9 Å². The molecule has 2 aromatic rings. The number of carbonyl (C=O) groups excluding carboxylic acids is 1. The Morgan fingerprint density at radius 1 is 1.19 bits per heavy atom. The molecule has 8 heteroatoms. The number of nitrogens with zero attached hydrogens (tertiary/aromatic N) is 3. The van der Waals surface area contributed by atoms with Gasteiger partial charge in [0.05, 0.1) is 19.8 Å². The molecule has 0 spiro atoms. The van der Waals surface area contributed by atoms with E-state index >= 15 is 0 Å². The molecule has 0 radical (unpaired) electrons. The summed E-state index contributed by atoms with van der Waals surface area (Å²) in [5, 5.41) is 0. The molecule has 1 aliphatic heterocycles. The molecule has 1 saturated heterocycles. The van der Waals surface area contributed by atoms with Crippen LogP contribution in [0.4, 0.5) is 5.95 Å². The predicted molar refractivity (Wildman–Crippen MR) is 120 cm³/mol. The lowest BCUT2D eigenvalue weighted by Gasteiger charge is -2.27. The number of aromatic nitrogens is 2. The maximum atomic E-state index is 12.6. The first kappa shape index (κ1) is 22.8. The van der Waals surface area contributed by atoms with Gasteiger partial charge in [0.15, 0.2) is 0 Å². The summed E-state index contributed by atoms with van der Waals surface area (Å²) in [5.74, 6) is 1.36. The second kappa shape index (κ2) is 10.4. The molecule has 0 saturated carbocycles. The van der Waals surface area contributed by atoms with E-state index in [1.54, 1.807) is 11.9 Å². The Labute approximate surface area is 183 Å². The van der Waals surface area contributed by atoms with E-state index in [9.17, 15) is 9.59 Å². The summed E-state index contributed by atoms with van der Waals surface area (Å²) in [6.07, 6.45) is 0.612. The molecule has 8 nitrogen and oxygen atoms in total. The summed E-state index contributed by atoms with van der Waals surface area (Å²) in [5.41, 5.74) is 3.34. The van der Waals surface area contributed by atoms with Gasteiger partial charge in [-0.1, -0.05) is 6.07 Å². The second-order valence-corrected chi connectivity index (χ2v) is 8.04. The summed E-state index contributed by atoms with van der Waals surface area (Å²) in [6.45, 7) is 9.43. The summed E-state index contributed by atoms with van der Waals surface area (Å²) in [4.78, 5) is 36.1. The van der Waals surface area contributed by atoms with Crippen LogP contribution < -0.4 is 15.2 Å². The Bertz CT molecular complexity index is 946. The number of amides is 1. The van der Waals surface area contributed by atoms with Crippen molar-refractivity contribution in [1.82, 2.24) is 14.9 Å². The number of morpholine rings is 1. The molecule has 1 aromatic heterocycles. The van der Waals surface area contributed by atoms with Crippen molar-refractivity contribution in [3.05, 3.63) is 50.9 Å². The van der Waals surface area contributed by atoms with Crippen LogP contribution in [0.3, 0.4) is 0 Å². The summed E-state index contributed by atoms with van der Waals surface area (Å²) in [7, 11) is 1.75. The van der Waals surface area contributed by atoms with Crippen LogP contribution >= 0.6 is 0 Å². The third kappa shape index (κ3) is 6.30. The number of hydrogen-bond donors (Lipinski definition) is 1. The molecule has 0 atom stereocenters. The quantitative estimate of drug-likeness (QED) is 0.692. The van der Waals surface area contributed by atoms with Gasteiger partial charge in [0.25, 0.3) is 5.56 Å². The molecule has 31 heavy (non-hydrogen) atoms. The van der Waals surface area contributed by atoms with E-state index in [4.69, 9.17) is 9.47 Å². The van der Waals surface area contributed by atoms with Gasteiger partial charge in [-0.05, 0) is 50.5 Å². The van der Waals surface area contributed by atoms with Gasteiger partial charge in [-0.15, -0.1) is 0 Å². The highest BCUT2D eigenvalue weighted by molar-refractivity contribution is 5.76. The number of H-pyrrole nitrogens is 1. The molecule has 0 bridgehead atoms. The fourth-order valence-corrected chi connectivity index (χ4v) is 3.68. The maximum Gasteiger partial charge on any atom is 0.255 e. The van der Waals surface area contributed by atoms with Crippen LogP contribution in [0.5, 0.6) is 5.75 Å². The zero-order valence-corrected chi connectivity index (χ0v) is 18.9. The van der Waals surface area contributed by atoms with E-state index in [2.05, 4.69) is 16.0 Å². The van der Waals surface area contributed by atoms with Crippen LogP contribution in [0.25, 0.3) is 0 Å². The van der Waals surface area contributed by atoms with Gasteiger partial charge in [0.2, 0.25) is 11.9 Å². The van der Waals surface area contributed by atoms with Crippen molar-refractivity contribution in [1.29, 1.82) is 0 Å². The molecule has 0 aliphatic carbocycles. The van der Waals surface area contributed by atoms with Crippen LogP contribution in [0.2, 0.25) is 0 Å². The lowest BCUT2D eigenvalue weighted by atomic mass is 10.1. The number of nitrogens with one attached hydrogen (secondary N) is 1. The standard InChI is InChI=1S/C23H32N4O4/c1-16-13-17(2)15-19(14-16)31-12-7-26(4)21(28)6-5-20-18(3)24-23(25-22(20)29)27-8-10-30-11-9-27/h13-15H,5-12H2,1-4H3,(H,24,25,29). The van der Waals surface area contributed by atoms with Crippen molar-refractivity contribution in [3.63, 3.8) is 0 Å². The van der Waals surface area contributed by atoms with Crippen LogP contribution in [0.1, 0.15) is 28.8 Å². The number of likely N-dealkylation sites (N-methyl/N-ethyl adjacent to an activating group) is 1. The van der Waals surface area contributed by atoms with E-state index < -0.39 is 0 Å².